The lowest BCUT2D eigenvalue weighted by atomic mass is 10.0. The third-order valence-corrected chi connectivity index (χ3v) is 4.03. The molecule has 0 amide bonds. The van der Waals surface area contributed by atoms with E-state index in [1.54, 1.807) is 12.4 Å². The van der Waals surface area contributed by atoms with Crippen molar-refractivity contribution in [2.24, 2.45) is 5.73 Å². The van der Waals surface area contributed by atoms with Gasteiger partial charge in [0, 0.05) is 19.1 Å². The second-order valence-electron chi connectivity index (χ2n) is 5.48. The zero-order chi connectivity index (χ0) is 14.8. The largest absolute Gasteiger partial charge is 0.360 e. The first-order valence-corrected chi connectivity index (χ1v) is 7.33. The Bertz CT molecular complexity index is 624. The van der Waals surface area contributed by atoms with Gasteiger partial charge in [0.05, 0.1) is 12.2 Å². The maximum atomic E-state index is 14.4. The van der Waals surface area contributed by atoms with Gasteiger partial charge in [-0.3, -0.25) is 0 Å². The van der Waals surface area contributed by atoms with Crippen LogP contribution in [0.1, 0.15) is 24.7 Å². The first kappa shape index (κ1) is 14.0. The fourth-order valence-electron chi connectivity index (χ4n) is 2.76. The Hall–Kier alpha value is -1.95. The maximum absolute atomic E-state index is 14.4. The fourth-order valence-corrected chi connectivity index (χ4v) is 2.76. The molecule has 1 aliphatic rings. The van der Waals surface area contributed by atoms with Gasteiger partial charge in [-0.1, -0.05) is 19.1 Å². The Morgan fingerprint density at radius 3 is 3.05 bits per heavy atom. The summed E-state index contributed by atoms with van der Waals surface area (Å²) in [6.07, 6.45) is 3.29. The van der Waals surface area contributed by atoms with Crippen molar-refractivity contribution in [3.05, 3.63) is 41.7 Å². The van der Waals surface area contributed by atoms with Crippen LogP contribution in [0.3, 0.4) is 0 Å². The van der Waals surface area contributed by atoms with Crippen molar-refractivity contribution in [3.63, 3.8) is 0 Å². The molecule has 0 spiro atoms. The summed E-state index contributed by atoms with van der Waals surface area (Å²) in [7, 11) is 0. The van der Waals surface area contributed by atoms with Gasteiger partial charge >= 0.3 is 0 Å². The molecule has 112 valence electrons. The Morgan fingerprint density at radius 1 is 1.38 bits per heavy atom. The zero-order valence-corrected chi connectivity index (χ0v) is 12.2. The van der Waals surface area contributed by atoms with Gasteiger partial charge in [0.25, 0.3) is 0 Å². The molecule has 2 aromatic rings. The second kappa shape index (κ2) is 5.81. The van der Waals surface area contributed by atoms with Crippen molar-refractivity contribution in [1.29, 1.82) is 0 Å². The van der Waals surface area contributed by atoms with E-state index in [1.807, 2.05) is 22.5 Å². The Morgan fingerprint density at radius 2 is 2.24 bits per heavy atom. The highest BCUT2D eigenvalue weighted by atomic mass is 19.1. The van der Waals surface area contributed by atoms with E-state index in [0.29, 0.717) is 18.7 Å². The fraction of sp³-hybridized carbons (Fsp3) is 0.467. The molecule has 1 aromatic heterocycles. The van der Waals surface area contributed by atoms with Crippen molar-refractivity contribution >= 4 is 5.69 Å². The second-order valence-corrected chi connectivity index (χ2v) is 5.48. The van der Waals surface area contributed by atoms with E-state index in [1.165, 1.54) is 6.07 Å². The SMILES string of the molecule is CCC(N)Cc1cccc(F)c1N1CCn2cnnc2C1. The molecule has 3 rings (SSSR count). The quantitative estimate of drug-likeness (QED) is 0.931. The van der Waals surface area contributed by atoms with Gasteiger partial charge in [0.1, 0.15) is 12.1 Å². The topological polar surface area (TPSA) is 60.0 Å². The number of aromatic nitrogens is 3. The number of rotatable bonds is 4. The van der Waals surface area contributed by atoms with Gasteiger partial charge < -0.3 is 15.2 Å². The Kier molecular flexibility index (Phi) is 3.88. The van der Waals surface area contributed by atoms with Crippen LogP contribution in [-0.2, 0) is 19.5 Å². The van der Waals surface area contributed by atoms with E-state index in [4.69, 9.17) is 5.73 Å². The highest BCUT2D eigenvalue weighted by Gasteiger charge is 2.23. The van der Waals surface area contributed by atoms with E-state index in [9.17, 15) is 4.39 Å². The van der Waals surface area contributed by atoms with Gasteiger partial charge in [0.15, 0.2) is 5.82 Å². The number of halogens is 1. The molecule has 5 nitrogen and oxygen atoms in total. The van der Waals surface area contributed by atoms with Crippen molar-refractivity contribution in [2.45, 2.75) is 38.9 Å². The summed E-state index contributed by atoms with van der Waals surface area (Å²) >= 11 is 0. The third-order valence-electron chi connectivity index (χ3n) is 4.03. The van der Waals surface area contributed by atoms with Crippen molar-refractivity contribution in [2.75, 3.05) is 11.4 Å². The molecule has 2 heterocycles. The molecule has 0 fully saturated rings. The highest BCUT2D eigenvalue weighted by molar-refractivity contribution is 5.55. The van der Waals surface area contributed by atoms with Gasteiger partial charge in [-0.15, -0.1) is 10.2 Å². The third kappa shape index (κ3) is 2.76. The number of nitrogens with zero attached hydrogens (tertiary/aromatic N) is 4. The van der Waals surface area contributed by atoms with Gasteiger partial charge in [-0.25, -0.2) is 4.39 Å². The first-order chi connectivity index (χ1) is 10.2. The van der Waals surface area contributed by atoms with Crippen LogP contribution in [-0.4, -0.2) is 27.4 Å². The molecule has 2 N–H and O–H groups in total. The molecular weight excluding hydrogens is 269 g/mol. The van der Waals surface area contributed by atoms with Crippen LogP contribution < -0.4 is 10.6 Å². The lowest BCUT2D eigenvalue weighted by molar-refractivity contribution is 0.539. The molecule has 0 saturated heterocycles. The minimum absolute atomic E-state index is 0.0546. The normalized spacial score (nSPS) is 15.9. The number of benzene rings is 1. The van der Waals surface area contributed by atoms with Crippen LogP contribution in [0.5, 0.6) is 0 Å². The van der Waals surface area contributed by atoms with Crippen LogP contribution in [0.15, 0.2) is 24.5 Å². The molecular formula is C15H20FN5. The molecule has 0 aliphatic carbocycles. The zero-order valence-electron chi connectivity index (χ0n) is 12.2. The van der Waals surface area contributed by atoms with Gasteiger partial charge in [-0.2, -0.15) is 0 Å². The number of para-hydroxylation sites is 1. The molecule has 1 aromatic carbocycles. The molecule has 0 bridgehead atoms. The predicted molar refractivity (Wildman–Crippen MR) is 79.4 cm³/mol. The maximum Gasteiger partial charge on any atom is 0.152 e. The molecule has 21 heavy (non-hydrogen) atoms. The van der Waals surface area contributed by atoms with E-state index in [2.05, 4.69) is 10.2 Å². The summed E-state index contributed by atoms with van der Waals surface area (Å²) in [6.45, 7) is 4.15. The van der Waals surface area contributed by atoms with Crippen LogP contribution in [0.2, 0.25) is 0 Å². The number of hydrogen-bond acceptors (Lipinski definition) is 4. The number of nitrogens with two attached hydrogens (primary N) is 1. The summed E-state index contributed by atoms with van der Waals surface area (Å²) < 4.78 is 16.4. The van der Waals surface area contributed by atoms with Crippen LogP contribution in [0.25, 0.3) is 0 Å². The van der Waals surface area contributed by atoms with E-state index < -0.39 is 0 Å². The van der Waals surface area contributed by atoms with E-state index in [-0.39, 0.29) is 11.9 Å². The predicted octanol–water partition coefficient (Wildman–Crippen LogP) is 1.72. The smallest absolute Gasteiger partial charge is 0.152 e. The number of anilines is 1. The highest BCUT2D eigenvalue weighted by Crippen LogP contribution is 2.28. The molecule has 0 radical (unpaired) electrons. The summed E-state index contributed by atoms with van der Waals surface area (Å²) in [4.78, 5) is 2.04. The lowest BCUT2D eigenvalue weighted by Crippen LogP contribution is -2.35. The molecule has 6 heteroatoms. The lowest BCUT2D eigenvalue weighted by Gasteiger charge is -2.31. The Labute approximate surface area is 123 Å². The van der Waals surface area contributed by atoms with Crippen molar-refractivity contribution in [1.82, 2.24) is 14.8 Å². The summed E-state index contributed by atoms with van der Waals surface area (Å²) in [6, 6.07) is 5.28. The minimum atomic E-state index is -0.191. The monoisotopic (exact) mass is 289 g/mol. The molecule has 0 saturated carbocycles. The summed E-state index contributed by atoms with van der Waals surface area (Å²) in [5.41, 5.74) is 7.68. The number of fused-ring (bicyclic) bond motifs is 1. The van der Waals surface area contributed by atoms with Gasteiger partial charge in [-0.05, 0) is 24.5 Å². The van der Waals surface area contributed by atoms with Crippen LogP contribution in [0.4, 0.5) is 10.1 Å². The van der Waals surface area contributed by atoms with Gasteiger partial charge in [0.2, 0.25) is 0 Å². The molecule has 1 unspecified atom stereocenters. The minimum Gasteiger partial charge on any atom is -0.360 e. The van der Waals surface area contributed by atoms with Crippen molar-refractivity contribution in [3.8, 4) is 0 Å². The number of hydrogen-bond donors (Lipinski definition) is 1. The van der Waals surface area contributed by atoms with Crippen molar-refractivity contribution < 1.29 is 4.39 Å². The van der Waals surface area contributed by atoms with Crippen LogP contribution in [0, 0.1) is 5.82 Å². The average Bonchev–Trinajstić information content (AvgIpc) is 2.94. The average molecular weight is 289 g/mol. The molecule has 1 aliphatic heterocycles. The van der Waals surface area contributed by atoms with Crippen LogP contribution >= 0.6 is 0 Å². The molecule has 1 atom stereocenters. The van der Waals surface area contributed by atoms with E-state index in [0.717, 1.165) is 30.9 Å². The Balaban J connectivity index is 1.91. The summed E-state index contributed by atoms with van der Waals surface area (Å²) in [5.74, 6) is 0.680. The standard InChI is InChI=1S/C15H20FN5/c1-2-12(17)8-11-4-3-5-13(16)15(11)20-6-7-21-10-18-19-14(21)9-20/h3-5,10,12H,2,6-9,17H2,1H3. The first-order valence-electron chi connectivity index (χ1n) is 7.33. The van der Waals surface area contributed by atoms with E-state index >= 15 is 0 Å². The summed E-state index contributed by atoms with van der Waals surface area (Å²) in [5, 5.41) is 8.00.